The van der Waals surface area contributed by atoms with Gasteiger partial charge in [-0.1, -0.05) is 30.3 Å². The first-order valence-electron chi connectivity index (χ1n) is 7.00. The van der Waals surface area contributed by atoms with Crippen molar-refractivity contribution in [1.29, 1.82) is 0 Å². The van der Waals surface area contributed by atoms with Crippen LogP contribution in [-0.2, 0) is 16.6 Å². The maximum absolute atomic E-state index is 12.0. The fraction of sp³-hybridized carbons (Fsp3) is 0.294. The van der Waals surface area contributed by atoms with E-state index in [-0.39, 0.29) is 11.3 Å². The summed E-state index contributed by atoms with van der Waals surface area (Å²) in [6.45, 7) is 0.737. The lowest BCUT2D eigenvalue weighted by Crippen LogP contribution is -2.33. The van der Waals surface area contributed by atoms with Crippen molar-refractivity contribution >= 4 is 5.91 Å². The molecule has 20 heavy (non-hydrogen) atoms. The summed E-state index contributed by atoms with van der Waals surface area (Å²) >= 11 is 0. The first kappa shape index (κ1) is 12.9. The summed E-state index contributed by atoms with van der Waals surface area (Å²) in [6, 6.07) is 14.2. The normalized spacial score (nSPS) is 15.6. The predicted octanol–water partition coefficient (Wildman–Crippen LogP) is 2.47. The summed E-state index contributed by atoms with van der Waals surface area (Å²) in [7, 11) is 0. The Morgan fingerprint density at radius 1 is 1.10 bits per heavy atom. The molecule has 1 aliphatic rings. The second-order valence-corrected chi connectivity index (χ2v) is 5.46. The molecule has 0 unspecified atom stereocenters. The van der Waals surface area contributed by atoms with E-state index in [0.717, 1.165) is 24.9 Å². The number of pyridine rings is 1. The lowest BCUT2D eigenvalue weighted by molar-refractivity contribution is -0.120. The maximum Gasteiger partial charge on any atom is 0.224 e. The van der Waals surface area contributed by atoms with Gasteiger partial charge in [0.2, 0.25) is 5.91 Å². The zero-order valence-corrected chi connectivity index (χ0v) is 11.4. The summed E-state index contributed by atoms with van der Waals surface area (Å²) in [5, 5.41) is 3.07. The van der Waals surface area contributed by atoms with Crippen LogP contribution in [0.4, 0.5) is 0 Å². The third-order valence-electron chi connectivity index (χ3n) is 3.98. The third-order valence-corrected chi connectivity index (χ3v) is 3.98. The Morgan fingerprint density at radius 2 is 1.80 bits per heavy atom. The molecule has 1 aliphatic carbocycles. The van der Waals surface area contributed by atoms with E-state index in [4.69, 9.17) is 0 Å². The van der Waals surface area contributed by atoms with Gasteiger partial charge < -0.3 is 5.32 Å². The molecule has 1 aromatic heterocycles. The summed E-state index contributed by atoms with van der Waals surface area (Å²) in [4.78, 5) is 15.9. The van der Waals surface area contributed by atoms with Gasteiger partial charge in [0, 0.05) is 24.4 Å². The van der Waals surface area contributed by atoms with Crippen molar-refractivity contribution in [3.63, 3.8) is 0 Å². The summed E-state index contributed by atoms with van der Waals surface area (Å²) in [5.41, 5.74) is 2.51. The van der Waals surface area contributed by atoms with Gasteiger partial charge in [0.1, 0.15) is 0 Å². The smallest absolute Gasteiger partial charge is 0.224 e. The quantitative estimate of drug-likeness (QED) is 0.903. The van der Waals surface area contributed by atoms with Crippen LogP contribution in [0.15, 0.2) is 54.9 Å². The van der Waals surface area contributed by atoms with Crippen molar-refractivity contribution in [3.05, 3.63) is 66.0 Å². The molecule has 3 nitrogen and oxygen atoms in total. The van der Waals surface area contributed by atoms with E-state index in [1.54, 1.807) is 12.4 Å². The Labute approximate surface area is 119 Å². The minimum Gasteiger partial charge on any atom is -0.355 e. The summed E-state index contributed by atoms with van der Waals surface area (Å²) < 4.78 is 0. The van der Waals surface area contributed by atoms with Gasteiger partial charge in [-0.3, -0.25) is 9.78 Å². The highest BCUT2D eigenvalue weighted by Gasteiger charge is 2.44. The number of hydrogen-bond donors (Lipinski definition) is 1. The third kappa shape index (κ3) is 2.87. The highest BCUT2D eigenvalue weighted by atomic mass is 16.1. The largest absolute Gasteiger partial charge is 0.355 e. The Morgan fingerprint density at radius 3 is 2.45 bits per heavy atom. The van der Waals surface area contributed by atoms with Gasteiger partial charge in [-0.25, -0.2) is 0 Å². The molecule has 1 fully saturated rings. The fourth-order valence-corrected chi connectivity index (χ4v) is 2.53. The van der Waals surface area contributed by atoms with E-state index in [1.807, 2.05) is 18.2 Å². The van der Waals surface area contributed by atoms with Crippen molar-refractivity contribution in [3.8, 4) is 0 Å². The molecule has 1 saturated carbocycles. The zero-order valence-electron chi connectivity index (χ0n) is 11.4. The monoisotopic (exact) mass is 266 g/mol. The Balaban J connectivity index is 1.56. The van der Waals surface area contributed by atoms with E-state index in [1.165, 1.54) is 5.56 Å². The van der Waals surface area contributed by atoms with Gasteiger partial charge in [-0.05, 0) is 36.1 Å². The maximum atomic E-state index is 12.0. The molecular formula is C17H18N2O. The minimum absolute atomic E-state index is 0.0819. The number of hydrogen-bond acceptors (Lipinski definition) is 2. The number of benzene rings is 1. The molecular weight excluding hydrogens is 248 g/mol. The molecule has 3 heteroatoms. The van der Waals surface area contributed by atoms with Gasteiger partial charge in [0.25, 0.3) is 0 Å². The zero-order chi connectivity index (χ0) is 13.8. The fourth-order valence-electron chi connectivity index (χ4n) is 2.53. The van der Waals surface area contributed by atoms with Gasteiger partial charge in [0.05, 0.1) is 6.42 Å². The molecule has 1 N–H and O–H groups in total. The average molecular weight is 266 g/mol. The molecule has 2 aromatic rings. The summed E-state index contributed by atoms with van der Waals surface area (Å²) in [5.74, 6) is 0.0819. The average Bonchev–Trinajstić information content (AvgIpc) is 3.28. The molecule has 0 radical (unpaired) electrons. The Hall–Kier alpha value is -2.16. The van der Waals surface area contributed by atoms with Crippen molar-refractivity contribution < 1.29 is 4.79 Å². The molecule has 0 aliphatic heterocycles. The van der Waals surface area contributed by atoms with Crippen LogP contribution in [0.1, 0.15) is 24.0 Å². The Bertz CT molecular complexity index is 576. The number of nitrogens with one attached hydrogen (secondary N) is 1. The van der Waals surface area contributed by atoms with Crippen LogP contribution < -0.4 is 5.32 Å². The van der Waals surface area contributed by atoms with Crippen LogP contribution in [0.5, 0.6) is 0 Å². The molecule has 102 valence electrons. The first-order valence-corrected chi connectivity index (χ1v) is 7.00. The van der Waals surface area contributed by atoms with Crippen LogP contribution in [0, 0.1) is 0 Å². The first-order chi connectivity index (χ1) is 9.78. The molecule has 0 atom stereocenters. The standard InChI is InChI=1S/C17H18N2O/c20-16(12-14-6-10-18-11-7-14)19-13-17(8-9-17)15-4-2-1-3-5-15/h1-7,10-11H,8-9,12-13H2,(H,19,20). The highest BCUT2D eigenvalue weighted by molar-refractivity contribution is 5.78. The predicted molar refractivity (Wildman–Crippen MR) is 78.3 cm³/mol. The molecule has 0 saturated heterocycles. The van der Waals surface area contributed by atoms with Crippen molar-refractivity contribution in [1.82, 2.24) is 10.3 Å². The number of rotatable bonds is 5. The van der Waals surface area contributed by atoms with Gasteiger partial charge in [-0.2, -0.15) is 0 Å². The van der Waals surface area contributed by atoms with Gasteiger partial charge in [0.15, 0.2) is 0 Å². The number of nitrogens with zero attached hydrogens (tertiary/aromatic N) is 1. The van der Waals surface area contributed by atoms with E-state index in [2.05, 4.69) is 34.6 Å². The van der Waals surface area contributed by atoms with E-state index >= 15 is 0 Å². The number of carbonyl (C=O) groups excluding carboxylic acids is 1. The second kappa shape index (κ2) is 5.45. The van der Waals surface area contributed by atoms with Crippen LogP contribution in [-0.4, -0.2) is 17.4 Å². The highest BCUT2D eigenvalue weighted by Crippen LogP contribution is 2.47. The van der Waals surface area contributed by atoms with Crippen molar-refractivity contribution in [2.24, 2.45) is 0 Å². The van der Waals surface area contributed by atoms with E-state index < -0.39 is 0 Å². The van der Waals surface area contributed by atoms with Crippen LogP contribution >= 0.6 is 0 Å². The van der Waals surface area contributed by atoms with Gasteiger partial charge in [-0.15, -0.1) is 0 Å². The topological polar surface area (TPSA) is 42.0 Å². The lowest BCUT2D eigenvalue weighted by atomic mass is 9.96. The van der Waals surface area contributed by atoms with Gasteiger partial charge >= 0.3 is 0 Å². The minimum atomic E-state index is 0.0819. The number of amides is 1. The number of carbonyl (C=O) groups is 1. The molecule has 1 heterocycles. The van der Waals surface area contributed by atoms with E-state index in [0.29, 0.717) is 6.42 Å². The van der Waals surface area contributed by atoms with Crippen LogP contribution in [0.2, 0.25) is 0 Å². The molecule has 1 amide bonds. The molecule has 1 aromatic carbocycles. The molecule has 0 bridgehead atoms. The second-order valence-electron chi connectivity index (χ2n) is 5.46. The molecule has 0 spiro atoms. The van der Waals surface area contributed by atoms with Crippen LogP contribution in [0.3, 0.4) is 0 Å². The van der Waals surface area contributed by atoms with Crippen molar-refractivity contribution in [2.45, 2.75) is 24.7 Å². The number of aromatic nitrogens is 1. The van der Waals surface area contributed by atoms with Crippen molar-refractivity contribution in [2.75, 3.05) is 6.54 Å². The van der Waals surface area contributed by atoms with Crippen LogP contribution in [0.25, 0.3) is 0 Å². The Kier molecular flexibility index (Phi) is 3.50. The SMILES string of the molecule is O=C(Cc1ccncc1)NCC1(c2ccccc2)CC1. The molecule has 3 rings (SSSR count). The van der Waals surface area contributed by atoms with E-state index in [9.17, 15) is 4.79 Å². The lowest BCUT2D eigenvalue weighted by Gasteiger charge is -2.16. The summed E-state index contributed by atoms with van der Waals surface area (Å²) in [6.07, 6.45) is 6.18.